The van der Waals surface area contributed by atoms with E-state index in [1.807, 2.05) is 12.3 Å². The van der Waals surface area contributed by atoms with Gasteiger partial charge in [-0.15, -0.1) is 11.3 Å². The van der Waals surface area contributed by atoms with Gasteiger partial charge in [0.1, 0.15) is 4.34 Å². The van der Waals surface area contributed by atoms with Gasteiger partial charge in [-0.2, -0.15) is 0 Å². The Bertz CT molecular complexity index is 216. The molecule has 3 nitrogen and oxygen atoms in total. The van der Waals surface area contributed by atoms with Gasteiger partial charge >= 0.3 is 0 Å². The minimum Gasteiger partial charge on any atom is -0.391 e. The molecule has 0 aliphatic rings. The summed E-state index contributed by atoms with van der Waals surface area (Å²) in [4.78, 5) is 4.12. The Kier molecular flexibility index (Phi) is 5.38. The van der Waals surface area contributed by atoms with E-state index < -0.39 is 0 Å². The fourth-order valence-electron chi connectivity index (χ4n) is 0.819. The maximum absolute atomic E-state index is 9.47. The molecule has 0 amide bonds. The highest BCUT2D eigenvalue weighted by Gasteiger charge is 2.04. The number of aromatic nitrogens is 1. The van der Waals surface area contributed by atoms with Crippen molar-refractivity contribution in [3.8, 4) is 0 Å². The molecule has 2 N–H and O–H groups in total. The fraction of sp³-hybridized carbons (Fsp3) is 0.625. The minimum atomic E-state index is -0.283. The van der Waals surface area contributed by atoms with Crippen molar-refractivity contribution in [3.63, 3.8) is 0 Å². The molecule has 1 unspecified atom stereocenters. The van der Waals surface area contributed by atoms with Gasteiger partial charge in [-0.3, -0.25) is 0 Å². The van der Waals surface area contributed by atoms with Gasteiger partial charge in [-0.1, -0.05) is 18.7 Å². The standard InChI is InChI=1S/C8H14N2OS2/c1-2-9-5-7(11)6-13-8-10-3-4-12-8/h3-4,7,9,11H,2,5-6H2,1H3. The summed E-state index contributed by atoms with van der Waals surface area (Å²) in [5.74, 6) is 0.709. The number of aliphatic hydroxyl groups is 1. The Morgan fingerprint density at radius 1 is 1.77 bits per heavy atom. The second kappa shape index (κ2) is 6.37. The van der Waals surface area contributed by atoms with Gasteiger partial charge in [-0.05, 0) is 6.54 Å². The van der Waals surface area contributed by atoms with E-state index in [0.29, 0.717) is 12.3 Å². The van der Waals surface area contributed by atoms with Crippen molar-refractivity contribution < 1.29 is 5.11 Å². The van der Waals surface area contributed by atoms with Crippen molar-refractivity contribution in [2.75, 3.05) is 18.8 Å². The summed E-state index contributed by atoms with van der Waals surface area (Å²) < 4.78 is 1.02. The lowest BCUT2D eigenvalue weighted by Crippen LogP contribution is -2.28. The van der Waals surface area contributed by atoms with E-state index in [1.54, 1.807) is 29.3 Å². The van der Waals surface area contributed by atoms with Crippen molar-refractivity contribution in [1.82, 2.24) is 10.3 Å². The number of hydrogen-bond acceptors (Lipinski definition) is 5. The van der Waals surface area contributed by atoms with Crippen LogP contribution in [0.15, 0.2) is 15.9 Å². The van der Waals surface area contributed by atoms with Gasteiger partial charge in [-0.25, -0.2) is 4.98 Å². The predicted octanol–water partition coefficient (Wildman–Crippen LogP) is 1.21. The molecule has 13 heavy (non-hydrogen) atoms. The van der Waals surface area contributed by atoms with Gasteiger partial charge in [0.25, 0.3) is 0 Å². The summed E-state index contributed by atoms with van der Waals surface area (Å²) in [6.07, 6.45) is 1.50. The van der Waals surface area contributed by atoms with Gasteiger partial charge in [0.15, 0.2) is 0 Å². The summed E-state index contributed by atoms with van der Waals surface area (Å²) in [5, 5.41) is 14.5. The molecule has 0 aliphatic heterocycles. The summed E-state index contributed by atoms with van der Waals surface area (Å²) in [6.45, 7) is 3.59. The maximum atomic E-state index is 9.47. The Morgan fingerprint density at radius 3 is 3.23 bits per heavy atom. The number of thiazole rings is 1. The summed E-state index contributed by atoms with van der Waals surface area (Å²) in [7, 11) is 0. The van der Waals surface area contributed by atoms with Crippen molar-refractivity contribution >= 4 is 23.1 Å². The molecule has 1 heterocycles. The molecule has 5 heteroatoms. The first kappa shape index (κ1) is 11.0. The number of aliphatic hydroxyl groups excluding tert-OH is 1. The highest BCUT2D eigenvalue weighted by molar-refractivity contribution is 8.01. The Hall–Kier alpha value is -0.100. The van der Waals surface area contributed by atoms with Crippen LogP contribution < -0.4 is 5.32 Å². The zero-order valence-electron chi connectivity index (χ0n) is 7.56. The normalized spacial score (nSPS) is 13.1. The minimum absolute atomic E-state index is 0.283. The molecule has 0 bridgehead atoms. The lowest BCUT2D eigenvalue weighted by molar-refractivity contribution is 0.197. The fourth-order valence-corrected chi connectivity index (χ4v) is 2.41. The quantitative estimate of drug-likeness (QED) is 0.704. The lowest BCUT2D eigenvalue weighted by Gasteiger charge is -2.08. The average molecular weight is 218 g/mol. The van der Waals surface area contributed by atoms with Crippen molar-refractivity contribution in [2.45, 2.75) is 17.4 Å². The van der Waals surface area contributed by atoms with Crippen molar-refractivity contribution in [2.24, 2.45) is 0 Å². The molecule has 0 radical (unpaired) electrons. The van der Waals surface area contributed by atoms with Gasteiger partial charge in [0, 0.05) is 23.9 Å². The number of hydrogen-bond donors (Lipinski definition) is 2. The molecule has 74 valence electrons. The topological polar surface area (TPSA) is 45.1 Å². The highest BCUT2D eigenvalue weighted by atomic mass is 32.2. The summed E-state index contributed by atoms with van der Waals surface area (Å²) in [5.41, 5.74) is 0. The van der Waals surface area contributed by atoms with E-state index in [9.17, 15) is 5.11 Å². The molecule has 1 rings (SSSR count). The van der Waals surface area contributed by atoms with Crippen LogP contribution in [0.25, 0.3) is 0 Å². The summed E-state index contributed by atoms with van der Waals surface area (Å²) in [6, 6.07) is 0. The zero-order chi connectivity index (χ0) is 9.52. The van der Waals surface area contributed by atoms with Crippen LogP contribution in [0.3, 0.4) is 0 Å². The molecule has 0 saturated heterocycles. The van der Waals surface area contributed by atoms with Crippen LogP contribution in [0.4, 0.5) is 0 Å². The molecule has 0 fully saturated rings. The number of nitrogens with zero attached hydrogens (tertiary/aromatic N) is 1. The molecule has 1 aromatic rings. The van der Waals surface area contributed by atoms with Crippen LogP contribution in [-0.2, 0) is 0 Å². The van der Waals surface area contributed by atoms with Crippen molar-refractivity contribution in [3.05, 3.63) is 11.6 Å². The molecule has 1 aromatic heterocycles. The molecule has 0 saturated carbocycles. The first-order valence-corrected chi connectivity index (χ1v) is 6.10. The van der Waals surface area contributed by atoms with E-state index in [1.165, 1.54) is 0 Å². The van der Waals surface area contributed by atoms with Gasteiger partial charge in [0.05, 0.1) is 6.10 Å². The molecular formula is C8H14N2OS2. The SMILES string of the molecule is CCNCC(O)CSc1nccs1. The van der Waals surface area contributed by atoms with Crippen LogP contribution in [0.1, 0.15) is 6.92 Å². The number of nitrogens with one attached hydrogen (secondary N) is 1. The van der Waals surface area contributed by atoms with E-state index >= 15 is 0 Å². The molecule has 0 aromatic carbocycles. The second-order valence-electron chi connectivity index (χ2n) is 2.57. The van der Waals surface area contributed by atoms with E-state index in [0.717, 1.165) is 10.9 Å². The van der Waals surface area contributed by atoms with Crippen molar-refractivity contribution in [1.29, 1.82) is 0 Å². The molecule has 1 atom stereocenters. The van der Waals surface area contributed by atoms with E-state index in [-0.39, 0.29) is 6.10 Å². The Labute approximate surface area is 86.6 Å². The van der Waals surface area contributed by atoms with Crippen LogP contribution in [0, 0.1) is 0 Å². The van der Waals surface area contributed by atoms with Crippen LogP contribution in [0.5, 0.6) is 0 Å². The van der Waals surface area contributed by atoms with Gasteiger partial charge in [0.2, 0.25) is 0 Å². The average Bonchev–Trinajstić information content (AvgIpc) is 2.64. The number of rotatable bonds is 6. The Morgan fingerprint density at radius 2 is 2.62 bits per heavy atom. The number of likely N-dealkylation sites (N-methyl/N-ethyl adjacent to an activating group) is 1. The van der Waals surface area contributed by atoms with Crippen LogP contribution >= 0.6 is 23.1 Å². The van der Waals surface area contributed by atoms with Crippen LogP contribution in [-0.4, -0.2) is 35.0 Å². The van der Waals surface area contributed by atoms with E-state index in [4.69, 9.17) is 0 Å². The predicted molar refractivity (Wildman–Crippen MR) is 57.4 cm³/mol. The smallest absolute Gasteiger partial charge is 0.149 e. The first-order chi connectivity index (χ1) is 6.33. The summed E-state index contributed by atoms with van der Waals surface area (Å²) >= 11 is 3.21. The van der Waals surface area contributed by atoms with Crippen LogP contribution in [0.2, 0.25) is 0 Å². The zero-order valence-corrected chi connectivity index (χ0v) is 9.20. The maximum Gasteiger partial charge on any atom is 0.149 e. The third kappa shape index (κ3) is 4.61. The van der Waals surface area contributed by atoms with E-state index in [2.05, 4.69) is 10.3 Å². The molecule has 0 spiro atoms. The monoisotopic (exact) mass is 218 g/mol. The molecular weight excluding hydrogens is 204 g/mol. The largest absolute Gasteiger partial charge is 0.391 e. The lowest BCUT2D eigenvalue weighted by atomic mass is 10.4. The first-order valence-electron chi connectivity index (χ1n) is 4.24. The Balaban J connectivity index is 2.11. The third-order valence-electron chi connectivity index (χ3n) is 1.44. The van der Waals surface area contributed by atoms with Gasteiger partial charge < -0.3 is 10.4 Å². The number of thioether (sulfide) groups is 1. The second-order valence-corrected chi connectivity index (χ2v) is 4.73. The third-order valence-corrected chi connectivity index (χ3v) is 3.55. The molecule has 0 aliphatic carbocycles. The highest BCUT2D eigenvalue weighted by Crippen LogP contribution is 2.20.